The molecule has 2 aliphatic rings. The smallest absolute Gasteiger partial charge is 0.121 e. The third-order valence-corrected chi connectivity index (χ3v) is 4.28. The van der Waals surface area contributed by atoms with E-state index in [0.29, 0.717) is 12.1 Å². The Kier molecular flexibility index (Phi) is 3.51. The summed E-state index contributed by atoms with van der Waals surface area (Å²) in [6.07, 6.45) is 5.30. The highest BCUT2D eigenvalue weighted by atomic mass is 16.5. The molecule has 2 N–H and O–H groups in total. The molecule has 2 unspecified atom stereocenters. The van der Waals surface area contributed by atoms with Crippen LogP contribution in [0.1, 0.15) is 25.7 Å². The summed E-state index contributed by atoms with van der Waals surface area (Å²) in [7, 11) is 1.69. The predicted octanol–water partition coefficient (Wildman–Crippen LogP) is 2.43. The first kappa shape index (κ1) is 12.6. The van der Waals surface area contributed by atoms with Gasteiger partial charge in [-0.25, -0.2) is 0 Å². The van der Waals surface area contributed by atoms with Gasteiger partial charge in [-0.15, -0.1) is 0 Å². The molecule has 2 atom stereocenters. The maximum Gasteiger partial charge on any atom is 0.121 e. The van der Waals surface area contributed by atoms with Crippen LogP contribution >= 0.6 is 0 Å². The lowest BCUT2D eigenvalue weighted by molar-refractivity contribution is -0.00863. The van der Waals surface area contributed by atoms with Crippen LogP contribution < -0.4 is 15.4 Å². The molecule has 104 valence electrons. The number of nitrogen functional groups attached to an aromatic ring is 1. The molecule has 0 spiro atoms. The monoisotopic (exact) mass is 262 g/mol. The van der Waals surface area contributed by atoms with Crippen molar-refractivity contribution in [2.24, 2.45) is 0 Å². The molecule has 1 saturated carbocycles. The normalized spacial score (nSPS) is 26.9. The summed E-state index contributed by atoms with van der Waals surface area (Å²) < 4.78 is 11.2. The largest absolute Gasteiger partial charge is 0.497 e. The van der Waals surface area contributed by atoms with Crippen molar-refractivity contribution in [3.05, 3.63) is 18.2 Å². The summed E-state index contributed by atoms with van der Waals surface area (Å²) in [5.74, 6) is 0.864. The van der Waals surface area contributed by atoms with Gasteiger partial charge in [0.15, 0.2) is 0 Å². The highest BCUT2D eigenvalue weighted by molar-refractivity contribution is 5.70. The molecule has 0 bridgehead atoms. The molecular formula is C15H22N2O2. The Morgan fingerprint density at radius 2 is 2.16 bits per heavy atom. The van der Waals surface area contributed by atoms with Gasteiger partial charge in [-0.1, -0.05) is 12.8 Å². The van der Waals surface area contributed by atoms with Gasteiger partial charge < -0.3 is 20.1 Å². The standard InChI is InChI=1S/C15H22N2O2/c1-18-11-6-7-12(16)14(10-11)17-8-9-19-15-5-3-2-4-13(15)17/h6-7,10,13,15H,2-5,8-9,16H2,1H3. The molecule has 1 saturated heterocycles. The van der Waals surface area contributed by atoms with Gasteiger partial charge in [0.2, 0.25) is 0 Å². The number of hydrogen-bond donors (Lipinski definition) is 1. The predicted molar refractivity (Wildman–Crippen MR) is 76.7 cm³/mol. The van der Waals surface area contributed by atoms with Crippen LogP contribution in [0.15, 0.2) is 18.2 Å². The van der Waals surface area contributed by atoms with E-state index < -0.39 is 0 Å². The second kappa shape index (κ2) is 5.29. The van der Waals surface area contributed by atoms with Crippen LogP contribution in [0, 0.1) is 0 Å². The van der Waals surface area contributed by atoms with Crippen molar-refractivity contribution in [2.45, 2.75) is 37.8 Å². The zero-order valence-electron chi connectivity index (χ0n) is 11.5. The molecular weight excluding hydrogens is 240 g/mol. The van der Waals surface area contributed by atoms with Crippen LogP contribution in [0.2, 0.25) is 0 Å². The third kappa shape index (κ3) is 2.37. The van der Waals surface area contributed by atoms with Gasteiger partial charge in [-0.3, -0.25) is 0 Å². The Morgan fingerprint density at radius 1 is 1.32 bits per heavy atom. The van der Waals surface area contributed by atoms with E-state index in [0.717, 1.165) is 30.3 Å². The number of anilines is 2. The summed E-state index contributed by atoms with van der Waals surface area (Å²) in [6, 6.07) is 6.36. The van der Waals surface area contributed by atoms with Crippen molar-refractivity contribution >= 4 is 11.4 Å². The van der Waals surface area contributed by atoms with E-state index in [1.807, 2.05) is 18.2 Å². The Hall–Kier alpha value is -1.42. The quantitative estimate of drug-likeness (QED) is 0.832. The number of nitrogens with zero attached hydrogens (tertiary/aromatic N) is 1. The van der Waals surface area contributed by atoms with Crippen LogP contribution in [0.25, 0.3) is 0 Å². The van der Waals surface area contributed by atoms with Gasteiger partial charge in [-0.2, -0.15) is 0 Å². The van der Waals surface area contributed by atoms with Crippen molar-refractivity contribution in [1.82, 2.24) is 0 Å². The summed E-state index contributed by atoms with van der Waals surface area (Å²) in [4.78, 5) is 2.42. The third-order valence-electron chi connectivity index (χ3n) is 4.28. The fourth-order valence-corrected chi connectivity index (χ4v) is 3.29. The number of morpholine rings is 1. The van der Waals surface area contributed by atoms with Gasteiger partial charge in [0.25, 0.3) is 0 Å². The molecule has 4 heteroatoms. The van der Waals surface area contributed by atoms with Crippen molar-refractivity contribution < 1.29 is 9.47 Å². The van der Waals surface area contributed by atoms with E-state index in [-0.39, 0.29) is 0 Å². The number of rotatable bonds is 2. The van der Waals surface area contributed by atoms with Gasteiger partial charge in [0.05, 0.1) is 37.2 Å². The van der Waals surface area contributed by atoms with E-state index >= 15 is 0 Å². The fraction of sp³-hybridized carbons (Fsp3) is 0.600. The molecule has 3 rings (SSSR count). The van der Waals surface area contributed by atoms with Crippen LogP contribution in [0.5, 0.6) is 5.75 Å². The first-order valence-corrected chi connectivity index (χ1v) is 7.11. The molecule has 2 fully saturated rings. The topological polar surface area (TPSA) is 47.7 Å². The maximum absolute atomic E-state index is 6.16. The van der Waals surface area contributed by atoms with Crippen LogP contribution in [0.3, 0.4) is 0 Å². The minimum absolute atomic E-state index is 0.369. The molecule has 0 aromatic heterocycles. The number of methoxy groups -OCH3 is 1. The number of nitrogens with two attached hydrogens (primary N) is 1. The average Bonchev–Trinajstić information content (AvgIpc) is 2.47. The second-order valence-electron chi connectivity index (χ2n) is 5.38. The first-order valence-electron chi connectivity index (χ1n) is 7.11. The van der Waals surface area contributed by atoms with Gasteiger partial charge >= 0.3 is 0 Å². The van der Waals surface area contributed by atoms with E-state index in [1.54, 1.807) is 7.11 Å². The van der Waals surface area contributed by atoms with Crippen molar-refractivity contribution in [3.63, 3.8) is 0 Å². The summed E-state index contributed by atoms with van der Waals surface area (Å²) in [5.41, 5.74) is 8.08. The number of benzene rings is 1. The molecule has 1 aromatic carbocycles. The zero-order chi connectivity index (χ0) is 13.2. The molecule has 1 aromatic rings. The summed E-state index contributed by atoms with van der Waals surface area (Å²) >= 11 is 0. The molecule has 1 heterocycles. The minimum Gasteiger partial charge on any atom is -0.497 e. The van der Waals surface area contributed by atoms with Crippen LogP contribution in [-0.2, 0) is 4.74 Å². The lowest BCUT2D eigenvalue weighted by Crippen LogP contribution is -2.53. The molecule has 1 aliphatic carbocycles. The Labute approximate surface area is 114 Å². The van der Waals surface area contributed by atoms with E-state index in [2.05, 4.69) is 4.90 Å². The van der Waals surface area contributed by atoms with Gasteiger partial charge in [0, 0.05) is 12.6 Å². The van der Waals surface area contributed by atoms with Crippen LogP contribution in [0.4, 0.5) is 11.4 Å². The van der Waals surface area contributed by atoms with E-state index in [9.17, 15) is 0 Å². The number of ether oxygens (including phenoxy) is 2. The highest BCUT2D eigenvalue weighted by Gasteiger charge is 2.35. The van der Waals surface area contributed by atoms with Gasteiger partial charge in [-0.05, 0) is 25.0 Å². The summed E-state index contributed by atoms with van der Waals surface area (Å²) in [6.45, 7) is 1.70. The Bertz CT molecular complexity index is 448. The molecule has 1 aliphatic heterocycles. The Balaban J connectivity index is 1.91. The van der Waals surface area contributed by atoms with Gasteiger partial charge in [0.1, 0.15) is 5.75 Å². The van der Waals surface area contributed by atoms with E-state index in [1.165, 1.54) is 25.7 Å². The maximum atomic E-state index is 6.16. The average molecular weight is 262 g/mol. The zero-order valence-corrected chi connectivity index (χ0v) is 11.5. The molecule has 0 amide bonds. The number of hydrogen-bond acceptors (Lipinski definition) is 4. The summed E-state index contributed by atoms with van der Waals surface area (Å²) in [5, 5.41) is 0. The highest BCUT2D eigenvalue weighted by Crippen LogP contribution is 2.36. The molecule has 4 nitrogen and oxygen atoms in total. The lowest BCUT2D eigenvalue weighted by Gasteiger charge is -2.45. The van der Waals surface area contributed by atoms with Crippen LogP contribution in [-0.4, -0.2) is 32.4 Å². The SMILES string of the molecule is COc1ccc(N)c(N2CCOC3CCCCC32)c1. The Morgan fingerprint density at radius 3 is 3.00 bits per heavy atom. The number of fused-ring (bicyclic) bond motifs is 1. The van der Waals surface area contributed by atoms with Crippen molar-refractivity contribution in [2.75, 3.05) is 30.9 Å². The first-order chi connectivity index (χ1) is 9.29. The van der Waals surface area contributed by atoms with Crippen molar-refractivity contribution in [3.8, 4) is 5.75 Å². The van der Waals surface area contributed by atoms with E-state index in [4.69, 9.17) is 15.2 Å². The molecule has 0 radical (unpaired) electrons. The lowest BCUT2D eigenvalue weighted by atomic mass is 9.89. The fourth-order valence-electron chi connectivity index (χ4n) is 3.29. The van der Waals surface area contributed by atoms with Crippen molar-refractivity contribution in [1.29, 1.82) is 0 Å². The molecule has 19 heavy (non-hydrogen) atoms. The second-order valence-corrected chi connectivity index (χ2v) is 5.38. The minimum atomic E-state index is 0.369.